The Morgan fingerprint density at radius 2 is 1.96 bits per heavy atom. The van der Waals surface area contributed by atoms with Crippen molar-refractivity contribution < 1.29 is 37.8 Å². The van der Waals surface area contributed by atoms with Gasteiger partial charge in [-0.25, -0.2) is 14.2 Å². The lowest BCUT2D eigenvalue weighted by molar-refractivity contribution is -0.159. The summed E-state index contributed by atoms with van der Waals surface area (Å²) in [7, 11) is 0. The number of aromatic nitrogens is 5. The molecular weight excluding hydrogens is 711 g/mol. The van der Waals surface area contributed by atoms with Crippen LogP contribution >= 0.6 is 0 Å². The zero-order chi connectivity index (χ0) is 39.3. The minimum atomic E-state index is -1.50. The highest BCUT2D eigenvalue weighted by molar-refractivity contribution is 5.95. The van der Waals surface area contributed by atoms with Gasteiger partial charge in [-0.15, -0.1) is 5.10 Å². The number of hydrogen-bond donors (Lipinski definition) is 3. The Bertz CT molecular complexity index is 1860. The van der Waals surface area contributed by atoms with Crippen molar-refractivity contribution in [2.24, 2.45) is 11.8 Å². The molecule has 0 unspecified atom stereocenters. The summed E-state index contributed by atoms with van der Waals surface area (Å²) in [5, 5.41) is 24.4. The largest absolute Gasteiger partial charge is 0.460 e. The van der Waals surface area contributed by atoms with Gasteiger partial charge in [-0.3, -0.25) is 24.0 Å². The van der Waals surface area contributed by atoms with Gasteiger partial charge in [0.25, 0.3) is 5.91 Å². The highest BCUT2D eigenvalue weighted by Gasteiger charge is 2.39. The van der Waals surface area contributed by atoms with Crippen molar-refractivity contribution in [3.8, 4) is 11.3 Å². The number of esters is 1. The van der Waals surface area contributed by atoms with Gasteiger partial charge in [0.1, 0.15) is 30.3 Å². The third-order valence-electron chi connectivity index (χ3n) is 9.33. The number of aryl methyl sites for hydroxylation is 1. The molecule has 0 radical (unpaired) electrons. The average Bonchev–Trinajstić information content (AvgIpc) is 3.94. The second-order valence-electron chi connectivity index (χ2n) is 14.1. The molecule has 2 bridgehead atoms. The molecule has 5 heterocycles. The molecule has 16 heteroatoms. The highest BCUT2D eigenvalue weighted by atomic mass is 19.1. The number of aliphatic hydroxyl groups is 1. The molecule has 0 saturated carbocycles. The Kier molecular flexibility index (Phi) is 14.6. The first-order chi connectivity index (χ1) is 26.5. The molecule has 294 valence electrons. The third kappa shape index (κ3) is 12.0. The zero-order valence-electron chi connectivity index (χ0n) is 31.3. The van der Waals surface area contributed by atoms with Crippen molar-refractivity contribution >= 4 is 23.7 Å². The minimum absolute atomic E-state index is 0.00238. The predicted octanol–water partition coefficient (Wildman–Crippen LogP) is 3.53. The van der Waals surface area contributed by atoms with Crippen LogP contribution in [0.5, 0.6) is 0 Å². The highest BCUT2D eigenvalue weighted by Crippen LogP contribution is 2.27. The van der Waals surface area contributed by atoms with Gasteiger partial charge in [-0.05, 0) is 50.3 Å². The topological polar surface area (TPSA) is 195 Å². The van der Waals surface area contributed by atoms with Gasteiger partial charge >= 0.3 is 5.97 Å². The number of allylic oxidation sites excluding steroid dienone is 2. The van der Waals surface area contributed by atoms with Gasteiger partial charge in [0.15, 0.2) is 11.6 Å². The number of hydrogen-bond acceptors (Lipinski definition) is 11. The van der Waals surface area contributed by atoms with Crippen molar-refractivity contribution in [3.63, 3.8) is 0 Å². The summed E-state index contributed by atoms with van der Waals surface area (Å²) in [6.45, 7) is 6.75. The number of pyridine rings is 1. The first-order valence-corrected chi connectivity index (χ1v) is 18.6. The molecule has 3 N–H and O–H groups in total. The van der Waals surface area contributed by atoms with E-state index in [1.165, 1.54) is 17.1 Å². The third-order valence-corrected chi connectivity index (χ3v) is 9.33. The number of halogens is 1. The van der Waals surface area contributed by atoms with Crippen LogP contribution in [0.3, 0.4) is 0 Å². The number of nitrogens with zero attached hydrogens (tertiary/aromatic N) is 6. The monoisotopic (exact) mass is 760 g/mol. The Labute approximate surface area is 319 Å². The number of aliphatic hydroxyl groups excluding tert-OH is 1. The van der Waals surface area contributed by atoms with Crippen LogP contribution in [0.1, 0.15) is 69.3 Å². The molecule has 5 atom stereocenters. The molecule has 15 nitrogen and oxygen atoms in total. The van der Waals surface area contributed by atoms with E-state index >= 15 is 0 Å². The summed E-state index contributed by atoms with van der Waals surface area (Å²) in [4.78, 5) is 63.0. The van der Waals surface area contributed by atoms with Crippen molar-refractivity contribution in [3.05, 3.63) is 84.5 Å². The number of rotatable bonds is 8. The molecule has 3 aromatic rings. The number of nitrogens with one attached hydrogen (secondary N) is 2. The van der Waals surface area contributed by atoms with Gasteiger partial charge in [-0.1, -0.05) is 48.9 Å². The standard InChI is InChI=1S/C39H49FN8O7/c1-25(2)37-28(20-35(51)43-14-6-17-47-23-31(45-46-47)27-11-15-41-16-12-27)9-10-34(50)42-13-4-7-26(3)19-30(49)21-29(40)22-36-44-32(24-54-36)38(52)48-18-5-8-33(48)39(53)55-37/h4,7,9-12,15-16,19,23-25,28-30,33,37,49H,5-6,8,13-14,17-18,20-22H2,1-3H3,(H,42,50)(H,43,51)/b7-4?,10-9+,26-19?/t28-,29+,30+,33+,37+/m0/s1. The van der Waals surface area contributed by atoms with E-state index in [4.69, 9.17) is 9.15 Å². The summed E-state index contributed by atoms with van der Waals surface area (Å²) in [6.07, 6.45) is 11.6. The molecule has 5 rings (SSSR count). The molecule has 1 saturated heterocycles. The SMILES string of the molecule is CC1=C[C@@H](O)C[C@@H](F)Cc2nc(co2)C(=O)N2CCC[C@@H]2C(=O)O[C@H](C(C)C)[C@H](CC(=O)NCCCn2cc(-c3ccncc3)nn2)/C=C/C(=O)NCC=C1. The van der Waals surface area contributed by atoms with Crippen LogP contribution in [-0.4, -0.2) is 103 Å². The van der Waals surface area contributed by atoms with Crippen LogP contribution in [-0.2, 0) is 32.1 Å². The van der Waals surface area contributed by atoms with Crippen molar-refractivity contribution in [1.29, 1.82) is 0 Å². The maximum atomic E-state index is 14.8. The fraction of sp³-hybridized carbons (Fsp3) is 0.487. The number of amides is 3. The number of fused-ring (bicyclic) bond motifs is 3. The van der Waals surface area contributed by atoms with E-state index in [1.807, 2.05) is 32.2 Å². The Balaban J connectivity index is 1.29. The zero-order valence-corrected chi connectivity index (χ0v) is 31.3. The van der Waals surface area contributed by atoms with Crippen molar-refractivity contribution in [2.75, 3.05) is 19.6 Å². The molecule has 55 heavy (non-hydrogen) atoms. The lowest BCUT2D eigenvalue weighted by Crippen LogP contribution is -2.44. The van der Waals surface area contributed by atoms with E-state index in [-0.39, 0.29) is 55.8 Å². The fourth-order valence-electron chi connectivity index (χ4n) is 6.58. The molecule has 0 spiro atoms. The Morgan fingerprint density at radius 1 is 1.16 bits per heavy atom. The Morgan fingerprint density at radius 3 is 2.75 bits per heavy atom. The maximum absolute atomic E-state index is 14.8. The quantitative estimate of drug-likeness (QED) is 0.225. The van der Waals surface area contributed by atoms with Crippen LogP contribution in [0.15, 0.2) is 77.4 Å². The summed E-state index contributed by atoms with van der Waals surface area (Å²) in [6, 6.07) is 2.77. The minimum Gasteiger partial charge on any atom is -0.460 e. The summed E-state index contributed by atoms with van der Waals surface area (Å²) < 4.78 is 28.0. The average molecular weight is 761 g/mol. The van der Waals surface area contributed by atoms with Crippen LogP contribution in [0, 0.1) is 11.8 Å². The number of carbonyl (C=O) groups excluding carboxylic acids is 4. The van der Waals surface area contributed by atoms with Crippen molar-refractivity contribution in [1.82, 2.24) is 40.5 Å². The lowest BCUT2D eigenvalue weighted by atomic mass is 9.89. The Hall–Kier alpha value is -5.51. The number of oxazole rings is 1. The smallest absolute Gasteiger partial charge is 0.329 e. The van der Waals surface area contributed by atoms with E-state index in [0.717, 1.165) is 11.8 Å². The van der Waals surface area contributed by atoms with Crippen LogP contribution in [0.2, 0.25) is 0 Å². The van der Waals surface area contributed by atoms with Gasteiger partial charge in [0, 0.05) is 62.9 Å². The molecule has 3 amide bonds. The summed E-state index contributed by atoms with van der Waals surface area (Å²) in [5.74, 6) is -2.88. The first-order valence-electron chi connectivity index (χ1n) is 18.6. The second kappa shape index (κ2) is 19.7. The maximum Gasteiger partial charge on any atom is 0.329 e. The molecule has 1 fully saturated rings. The van der Waals surface area contributed by atoms with Crippen LogP contribution < -0.4 is 10.6 Å². The summed E-state index contributed by atoms with van der Waals surface area (Å²) in [5.41, 5.74) is 2.21. The van der Waals surface area contributed by atoms with Gasteiger partial charge in [0.05, 0.1) is 18.7 Å². The first kappa shape index (κ1) is 40.7. The lowest BCUT2D eigenvalue weighted by Gasteiger charge is -2.31. The van der Waals surface area contributed by atoms with Crippen LogP contribution in [0.25, 0.3) is 11.3 Å². The molecule has 2 aliphatic rings. The van der Waals surface area contributed by atoms with E-state index in [2.05, 4.69) is 30.9 Å². The van der Waals surface area contributed by atoms with Gasteiger partial charge < -0.3 is 29.8 Å². The van der Waals surface area contributed by atoms with E-state index < -0.39 is 48.1 Å². The molecule has 2 aliphatic heterocycles. The number of cyclic esters (lactones) is 1. The number of alkyl halides is 1. The molecule has 0 aromatic carbocycles. The summed E-state index contributed by atoms with van der Waals surface area (Å²) >= 11 is 0. The number of carbonyl (C=O) groups is 4. The normalized spacial score (nSPS) is 23.8. The second-order valence-corrected chi connectivity index (χ2v) is 14.1. The van der Waals surface area contributed by atoms with E-state index in [1.54, 1.807) is 42.2 Å². The van der Waals surface area contributed by atoms with Gasteiger partial charge in [0.2, 0.25) is 11.8 Å². The molecule has 3 aromatic heterocycles. The van der Waals surface area contributed by atoms with Crippen LogP contribution in [0.4, 0.5) is 4.39 Å². The van der Waals surface area contributed by atoms with E-state index in [0.29, 0.717) is 43.6 Å². The fourth-order valence-corrected chi connectivity index (χ4v) is 6.58. The van der Waals surface area contributed by atoms with Crippen molar-refractivity contribution in [2.45, 2.75) is 90.3 Å². The number of ether oxygens (including phenoxy) is 1. The molecular formula is C39H49FN8O7. The molecule has 0 aliphatic carbocycles. The van der Waals surface area contributed by atoms with Gasteiger partial charge in [-0.2, -0.15) is 0 Å². The predicted molar refractivity (Wildman–Crippen MR) is 199 cm³/mol. The van der Waals surface area contributed by atoms with E-state index in [9.17, 15) is 28.7 Å².